The zero-order valence-electron chi connectivity index (χ0n) is 10.4. The average Bonchev–Trinajstić information content (AvgIpc) is 2.76. The third-order valence-corrected chi connectivity index (χ3v) is 2.44. The Bertz CT molecular complexity index is 522. The summed E-state index contributed by atoms with van der Waals surface area (Å²) in [6.45, 7) is 2.23. The summed E-state index contributed by atoms with van der Waals surface area (Å²) in [5.74, 6) is 0.665. The van der Waals surface area contributed by atoms with Crippen molar-refractivity contribution in [3.05, 3.63) is 47.9 Å². The van der Waals surface area contributed by atoms with Gasteiger partial charge in [0.2, 0.25) is 0 Å². The number of rotatable bonds is 3. The Hall–Kier alpha value is -2.30. The van der Waals surface area contributed by atoms with E-state index < -0.39 is 0 Å². The van der Waals surface area contributed by atoms with E-state index in [1.165, 1.54) is 4.90 Å². The first kappa shape index (κ1) is 12.2. The van der Waals surface area contributed by atoms with Crippen LogP contribution in [0.3, 0.4) is 0 Å². The van der Waals surface area contributed by atoms with E-state index in [4.69, 9.17) is 4.52 Å². The molecular weight excluding hydrogens is 230 g/mol. The third-order valence-electron chi connectivity index (χ3n) is 2.44. The van der Waals surface area contributed by atoms with Crippen LogP contribution in [0.4, 0.5) is 10.5 Å². The molecule has 0 fully saturated rings. The first-order valence-corrected chi connectivity index (χ1v) is 5.64. The summed E-state index contributed by atoms with van der Waals surface area (Å²) < 4.78 is 5.06. The fourth-order valence-corrected chi connectivity index (χ4v) is 1.54. The van der Waals surface area contributed by atoms with Crippen molar-refractivity contribution in [3.63, 3.8) is 0 Å². The van der Waals surface area contributed by atoms with Crippen LogP contribution in [-0.4, -0.2) is 23.1 Å². The smallest absolute Gasteiger partial charge is 0.321 e. The maximum absolute atomic E-state index is 11.9. The average molecular weight is 245 g/mol. The Labute approximate surface area is 105 Å². The van der Waals surface area contributed by atoms with Gasteiger partial charge in [0, 0.05) is 18.8 Å². The molecule has 1 aromatic carbocycles. The van der Waals surface area contributed by atoms with Gasteiger partial charge in [0.15, 0.2) is 5.76 Å². The number of anilines is 1. The first-order chi connectivity index (χ1) is 8.65. The molecule has 1 N–H and O–H groups in total. The van der Waals surface area contributed by atoms with Crippen LogP contribution < -0.4 is 5.32 Å². The molecule has 2 amide bonds. The predicted octanol–water partition coefficient (Wildman–Crippen LogP) is 2.65. The van der Waals surface area contributed by atoms with Crippen molar-refractivity contribution in [1.82, 2.24) is 10.1 Å². The molecule has 0 saturated heterocycles. The molecule has 0 spiro atoms. The number of carbonyl (C=O) groups is 1. The number of benzene rings is 1. The van der Waals surface area contributed by atoms with E-state index in [9.17, 15) is 4.79 Å². The van der Waals surface area contributed by atoms with Gasteiger partial charge in [-0.2, -0.15) is 0 Å². The number of aromatic nitrogens is 1. The molecule has 1 heterocycles. The highest BCUT2D eigenvalue weighted by Gasteiger charge is 2.11. The maximum Gasteiger partial charge on any atom is 0.321 e. The number of carbonyl (C=O) groups excluding carboxylic acids is 1. The normalized spacial score (nSPS) is 10.1. The van der Waals surface area contributed by atoms with E-state index in [1.807, 2.05) is 43.3 Å². The summed E-state index contributed by atoms with van der Waals surface area (Å²) in [7, 11) is 1.70. The van der Waals surface area contributed by atoms with Crippen LogP contribution in [0.2, 0.25) is 0 Å². The van der Waals surface area contributed by atoms with Crippen molar-refractivity contribution in [1.29, 1.82) is 0 Å². The number of urea groups is 1. The minimum Gasteiger partial charge on any atom is -0.359 e. The summed E-state index contributed by atoms with van der Waals surface area (Å²) in [4.78, 5) is 13.4. The number of hydrogen-bond acceptors (Lipinski definition) is 3. The van der Waals surface area contributed by atoms with E-state index in [0.29, 0.717) is 12.3 Å². The Balaban J connectivity index is 1.93. The molecule has 0 bridgehead atoms. The van der Waals surface area contributed by atoms with Crippen LogP contribution in [0.5, 0.6) is 0 Å². The minimum atomic E-state index is -0.185. The number of para-hydroxylation sites is 1. The van der Waals surface area contributed by atoms with Crippen molar-refractivity contribution >= 4 is 11.7 Å². The van der Waals surface area contributed by atoms with Gasteiger partial charge in [-0.15, -0.1) is 0 Å². The lowest BCUT2D eigenvalue weighted by Gasteiger charge is -2.16. The fourth-order valence-electron chi connectivity index (χ4n) is 1.54. The number of amides is 2. The van der Waals surface area contributed by atoms with Crippen molar-refractivity contribution in [2.75, 3.05) is 12.4 Å². The minimum absolute atomic E-state index is 0.185. The highest BCUT2D eigenvalue weighted by Crippen LogP contribution is 2.09. The van der Waals surface area contributed by atoms with Gasteiger partial charge in [0.25, 0.3) is 0 Å². The molecule has 18 heavy (non-hydrogen) atoms. The molecule has 0 radical (unpaired) electrons. The van der Waals surface area contributed by atoms with Crippen LogP contribution >= 0.6 is 0 Å². The van der Waals surface area contributed by atoms with Crippen molar-refractivity contribution < 1.29 is 9.32 Å². The summed E-state index contributed by atoms with van der Waals surface area (Å²) in [5.41, 5.74) is 1.57. The molecule has 5 heteroatoms. The Morgan fingerprint density at radius 3 is 2.72 bits per heavy atom. The molecule has 0 unspecified atom stereocenters. The molecule has 5 nitrogen and oxygen atoms in total. The van der Waals surface area contributed by atoms with Crippen LogP contribution in [0.15, 0.2) is 40.9 Å². The van der Waals surface area contributed by atoms with E-state index in [-0.39, 0.29) is 6.03 Å². The highest BCUT2D eigenvalue weighted by atomic mass is 16.5. The van der Waals surface area contributed by atoms with Gasteiger partial charge >= 0.3 is 6.03 Å². The lowest BCUT2D eigenvalue weighted by atomic mass is 10.3. The van der Waals surface area contributed by atoms with E-state index >= 15 is 0 Å². The molecule has 0 aliphatic heterocycles. The number of nitrogens with zero attached hydrogens (tertiary/aromatic N) is 2. The zero-order valence-corrected chi connectivity index (χ0v) is 10.4. The molecule has 0 saturated carbocycles. The van der Waals surface area contributed by atoms with Gasteiger partial charge in [-0.1, -0.05) is 23.4 Å². The van der Waals surface area contributed by atoms with Crippen LogP contribution in [0.1, 0.15) is 11.5 Å². The van der Waals surface area contributed by atoms with Crippen LogP contribution in [0, 0.1) is 6.92 Å². The van der Waals surface area contributed by atoms with Crippen LogP contribution in [0.25, 0.3) is 0 Å². The highest BCUT2D eigenvalue weighted by molar-refractivity contribution is 5.88. The lowest BCUT2D eigenvalue weighted by molar-refractivity contribution is 0.214. The van der Waals surface area contributed by atoms with Crippen molar-refractivity contribution in [2.45, 2.75) is 13.5 Å². The zero-order chi connectivity index (χ0) is 13.0. The van der Waals surface area contributed by atoms with Gasteiger partial charge in [-0.25, -0.2) is 4.79 Å². The third kappa shape index (κ3) is 3.10. The summed E-state index contributed by atoms with van der Waals surface area (Å²) in [6, 6.07) is 10.9. The molecule has 0 atom stereocenters. The van der Waals surface area contributed by atoms with E-state index in [1.54, 1.807) is 7.05 Å². The topological polar surface area (TPSA) is 58.4 Å². The van der Waals surface area contributed by atoms with E-state index in [0.717, 1.165) is 11.4 Å². The number of nitrogens with one attached hydrogen (secondary N) is 1. The fraction of sp³-hybridized carbons (Fsp3) is 0.231. The molecule has 0 aliphatic rings. The second-order valence-corrected chi connectivity index (χ2v) is 4.09. The Kier molecular flexibility index (Phi) is 3.62. The Morgan fingerprint density at radius 2 is 2.11 bits per heavy atom. The second kappa shape index (κ2) is 5.35. The summed E-state index contributed by atoms with van der Waals surface area (Å²) in [5, 5.41) is 6.57. The second-order valence-electron chi connectivity index (χ2n) is 4.09. The van der Waals surface area contributed by atoms with E-state index in [2.05, 4.69) is 10.5 Å². The molecular formula is C13H15N3O2. The van der Waals surface area contributed by atoms with Gasteiger partial charge in [0.1, 0.15) is 0 Å². The van der Waals surface area contributed by atoms with Gasteiger partial charge in [0.05, 0.1) is 12.2 Å². The van der Waals surface area contributed by atoms with Gasteiger partial charge in [-0.05, 0) is 19.1 Å². The van der Waals surface area contributed by atoms with Crippen molar-refractivity contribution in [2.24, 2.45) is 0 Å². The molecule has 2 rings (SSSR count). The number of aryl methyl sites for hydroxylation is 1. The standard InChI is InChI=1S/C13H15N3O2/c1-10-8-12(18-15-10)9-16(2)13(17)14-11-6-4-3-5-7-11/h3-8H,9H2,1-2H3,(H,14,17). The first-order valence-electron chi connectivity index (χ1n) is 5.64. The van der Waals surface area contributed by atoms with Gasteiger partial charge in [-0.3, -0.25) is 0 Å². The van der Waals surface area contributed by atoms with Crippen molar-refractivity contribution in [3.8, 4) is 0 Å². The van der Waals surface area contributed by atoms with Crippen LogP contribution in [-0.2, 0) is 6.54 Å². The largest absolute Gasteiger partial charge is 0.359 e. The lowest BCUT2D eigenvalue weighted by Crippen LogP contribution is -2.30. The van der Waals surface area contributed by atoms with Gasteiger partial charge < -0.3 is 14.7 Å². The predicted molar refractivity (Wildman–Crippen MR) is 68.2 cm³/mol. The SMILES string of the molecule is Cc1cc(CN(C)C(=O)Nc2ccccc2)on1. The monoisotopic (exact) mass is 245 g/mol. The molecule has 2 aromatic rings. The Morgan fingerprint density at radius 1 is 1.39 bits per heavy atom. The maximum atomic E-state index is 11.9. The molecule has 94 valence electrons. The summed E-state index contributed by atoms with van der Waals surface area (Å²) in [6.07, 6.45) is 0. The molecule has 0 aliphatic carbocycles. The quantitative estimate of drug-likeness (QED) is 0.904. The summed E-state index contributed by atoms with van der Waals surface area (Å²) >= 11 is 0. The number of hydrogen-bond donors (Lipinski definition) is 1. The molecule has 1 aromatic heterocycles.